The fraction of sp³-hybridized carbons (Fsp3) is 0.435. The van der Waals surface area contributed by atoms with E-state index in [-0.39, 0.29) is 18.2 Å². The van der Waals surface area contributed by atoms with Crippen molar-refractivity contribution in [2.45, 2.75) is 56.3 Å². The van der Waals surface area contributed by atoms with E-state index in [1.807, 2.05) is 6.07 Å². The molecule has 2 aromatic heterocycles. The van der Waals surface area contributed by atoms with Crippen molar-refractivity contribution in [2.75, 3.05) is 12.8 Å². The van der Waals surface area contributed by atoms with Crippen LogP contribution < -0.4 is 0 Å². The van der Waals surface area contributed by atoms with Gasteiger partial charge in [0, 0.05) is 41.5 Å². The summed E-state index contributed by atoms with van der Waals surface area (Å²) in [5, 5.41) is 12.1. The molecule has 2 heterocycles. The lowest BCUT2D eigenvalue weighted by molar-refractivity contribution is -0.127. The Bertz CT molecular complexity index is 1030. The first-order valence-electron chi connectivity index (χ1n) is 10.8. The number of carbonyl (C=O) groups excluding carboxylic acids is 1. The largest absolute Gasteiger partial charge is 0.341 e. The van der Waals surface area contributed by atoms with Gasteiger partial charge < -0.3 is 9.47 Å². The summed E-state index contributed by atoms with van der Waals surface area (Å²) in [6.07, 6.45) is 6.66. The van der Waals surface area contributed by atoms with Gasteiger partial charge >= 0.3 is 0 Å². The number of nitrogens with zero attached hydrogens (tertiary/aromatic N) is 4. The van der Waals surface area contributed by atoms with E-state index in [4.69, 9.17) is 11.6 Å². The summed E-state index contributed by atoms with van der Waals surface area (Å²) in [5.41, 5.74) is 0.332. The third kappa shape index (κ3) is 5.53. The summed E-state index contributed by atoms with van der Waals surface area (Å²) in [6.45, 7) is 0.129. The number of benzene rings is 1. The van der Waals surface area contributed by atoms with Crippen molar-refractivity contribution in [1.29, 1.82) is 0 Å². The Kier molecular flexibility index (Phi) is 7.86. The van der Waals surface area contributed by atoms with Crippen LogP contribution in [0.2, 0.25) is 5.02 Å². The lowest BCUT2D eigenvalue weighted by Crippen LogP contribution is -2.28. The molecule has 5 nitrogen and oxygen atoms in total. The van der Waals surface area contributed by atoms with Gasteiger partial charge in [0.05, 0.1) is 5.75 Å². The molecule has 0 spiro atoms. The van der Waals surface area contributed by atoms with Crippen molar-refractivity contribution in [2.24, 2.45) is 0 Å². The quantitative estimate of drug-likeness (QED) is 0.363. The monoisotopic (exact) mass is 492 g/mol. The van der Waals surface area contributed by atoms with E-state index >= 15 is 0 Å². The zero-order valence-electron chi connectivity index (χ0n) is 18.0. The van der Waals surface area contributed by atoms with E-state index in [2.05, 4.69) is 26.2 Å². The number of rotatable bonds is 8. The summed E-state index contributed by atoms with van der Waals surface area (Å²) < 4.78 is 16.3. The predicted octanol–water partition coefficient (Wildman–Crippen LogP) is 5.98. The molecule has 1 aliphatic carbocycles. The Morgan fingerprint density at radius 3 is 2.78 bits per heavy atom. The summed E-state index contributed by atoms with van der Waals surface area (Å²) in [6, 6.07) is 9.09. The second kappa shape index (κ2) is 10.8. The molecule has 0 radical (unpaired) electrons. The van der Waals surface area contributed by atoms with Crippen molar-refractivity contribution in [3.63, 3.8) is 0 Å². The molecule has 0 bridgehead atoms. The first-order valence-corrected chi connectivity index (χ1v) is 13.0. The Hall–Kier alpha value is -1.90. The minimum atomic E-state index is -0.403. The topological polar surface area (TPSA) is 51.0 Å². The Morgan fingerprint density at radius 1 is 1.25 bits per heavy atom. The fourth-order valence-electron chi connectivity index (χ4n) is 4.05. The standard InChI is InChI=1S/C23H26ClFN4OS2/c1-28(14-18-19(24)10-5-11-20(18)25)22(30)15-32-23-27-26-21(13-17-9-6-12-31-17)29(23)16-7-3-2-4-8-16/h5-6,9-12,16H,2-4,7-8,13-15H2,1H3. The molecular formula is C23H26ClFN4OS2. The Morgan fingerprint density at radius 2 is 2.06 bits per heavy atom. The number of hydrogen-bond donors (Lipinski definition) is 0. The first-order chi connectivity index (χ1) is 15.5. The smallest absolute Gasteiger partial charge is 0.233 e. The number of amides is 1. The van der Waals surface area contributed by atoms with Crippen molar-refractivity contribution in [3.8, 4) is 0 Å². The molecule has 170 valence electrons. The van der Waals surface area contributed by atoms with Gasteiger partial charge in [0.1, 0.15) is 11.6 Å². The predicted molar refractivity (Wildman–Crippen MR) is 128 cm³/mol. The van der Waals surface area contributed by atoms with Crippen LogP contribution in [-0.4, -0.2) is 38.4 Å². The van der Waals surface area contributed by atoms with Gasteiger partial charge in [-0.25, -0.2) is 4.39 Å². The summed E-state index contributed by atoms with van der Waals surface area (Å²) in [7, 11) is 1.67. The second-order valence-electron chi connectivity index (χ2n) is 8.06. The lowest BCUT2D eigenvalue weighted by atomic mass is 9.95. The lowest BCUT2D eigenvalue weighted by Gasteiger charge is -2.25. The summed E-state index contributed by atoms with van der Waals surface area (Å²) in [5.74, 6) is 0.667. The van der Waals surface area contributed by atoms with E-state index in [0.717, 1.165) is 30.2 Å². The van der Waals surface area contributed by atoms with Crippen LogP contribution >= 0.6 is 34.7 Å². The highest BCUT2D eigenvalue weighted by Gasteiger charge is 2.24. The molecule has 0 unspecified atom stereocenters. The van der Waals surface area contributed by atoms with E-state index < -0.39 is 5.82 Å². The molecule has 0 saturated heterocycles. The normalized spacial score (nSPS) is 14.6. The van der Waals surface area contributed by atoms with Crippen LogP contribution in [0.1, 0.15) is 54.4 Å². The van der Waals surface area contributed by atoms with Crippen LogP contribution in [0.4, 0.5) is 4.39 Å². The molecule has 1 aliphatic rings. The van der Waals surface area contributed by atoms with Gasteiger partial charge in [0.15, 0.2) is 5.16 Å². The third-order valence-corrected chi connectivity index (χ3v) is 7.95. The van der Waals surface area contributed by atoms with Gasteiger partial charge in [-0.1, -0.05) is 54.8 Å². The molecule has 4 rings (SSSR count). The number of carbonyl (C=O) groups is 1. The number of thiophene rings is 1. The number of halogens is 2. The molecule has 1 fully saturated rings. The summed E-state index contributed by atoms with van der Waals surface area (Å²) in [4.78, 5) is 15.5. The number of thioether (sulfide) groups is 1. The van der Waals surface area contributed by atoms with E-state index in [9.17, 15) is 9.18 Å². The summed E-state index contributed by atoms with van der Waals surface area (Å²) >= 11 is 9.24. The fourth-order valence-corrected chi connectivity index (χ4v) is 5.94. The molecule has 1 amide bonds. The molecule has 1 aromatic carbocycles. The molecule has 3 aromatic rings. The van der Waals surface area contributed by atoms with Crippen LogP contribution in [-0.2, 0) is 17.8 Å². The number of aromatic nitrogens is 3. The number of hydrogen-bond acceptors (Lipinski definition) is 5. The molecule has 1 saturated carbocycles. The van der Waals surface area contributed by atoms with Crippen molar-refractivity contribution in [1.82, 2.24) is 19.7 Å². The highest BCUT2D eigenvalue weighted by molar-refractivity contribution is 7.99. The highest BCUT2D eigenvalue weighted by Crippen LogP contribution is 2.33. The van der Waals surface area contributed by atoms with Crippen molar-refractivity contribution < 1.29 is 9.18 Å². The van der Waals surface area contributed by atoms with Gasteiger partial charge in [-0.05, 0) is 36.4 Å². The minimum absolute atomic E-state index is 0.104. The highest BCUT2D eigenvalue weighted by atomic mass is 35.5. The maximum Gasteiger partial charge on any atom is 0.233 e. The Labute approximate surface area is 201 Å². The van der Waals surface area contributed by atoms with Gasteiger partial charge in [0.2, 0.25) is 5.91 Å². The molecule has 0 atom stereocenters. The zero-order valence-corrected chi connectivity index (χ0v) is 20.4. The molecule has 0 aliphatic heterocycles. The molecule has 9 heteroatoms. The maximum absolute atomic E-state index is 14.1. The van der Waals surface area contributed by atoms with Crippen molar-refractivity contribution >= 4 is 40.6 Å². The van der Waals surface area contributed by atoms with Gasteiger partial charge in [-0.3, -0.25) is 4.79 Å². The second-order valence-corrected chi connectivity index (χ2v) is 10.4. The Balaban J connectivity index is 1.46. The van der Waals surface area contributed by atoms with Gasteiger partial charge in [-0.2, -0.15) is 0 Å². The van der Waals surface area contributed by atoms with Crippen LogP contribution in [0.5, 0.6) is 0 Å². The average molecular weight is 493 g/mol. The van der Waals surface area contributed by atoms with Crippen molar-refractivity contribution in [3.05, 3.63) is 62.8 Å². The molecule has 0 N–H and O–H groups in total. The average Bonchev–Trinajstić information content (AvgIpc) is 3.45. The van der Waals surface area contributed by atoms with E-state index in [1.165, 1.54) is 46.9 Å². The van der Waals surface area contributed by atoms with E-state index in [0.29, 0.717) is 16.6 Å². The third-order valence-electron chi connectivity index (χ3n) is 5.79. The first kappa shape index (κ1) is 23.3. The van der Waals surface area contributed by atoms with Gasteiger partial charge in [-0.15, -0.1) is 21.5 Å². The van der Waals surface area contributed by atoms with Gasteiger partial charge in [0.25, 0.3) is 0 Å². The molecular weight excluding hydrogens is 467 g/mol. The van der Waals surface area contributed by atoms with Crippen LogP contribution in [0.15, 0.2) is 40.9 Å². The van der Waals surface area contributed by atoms with Crippen LogP contribution in [0, 0.1) is 5.82 Å². The zero-order chi connectivity index (χ0) is 22.5. The van der Waals surface area contributed by atoms with E-state index in [1.54, 1.807) is 30.5 Å². The molecule has 32 heavy (non-hydrogen) atoms. The minimum Gasteiger partial charge on any atom is -0.341 e. The van der Waals surface area contributed by atoms with Crippen LogP contribution in [0.3, 0.4) is 0 Å². The SMILES string of the molecule is CN(Cc1c(F)cccc1Cl)C(=O)CSc1nnc(Cc2cccs2)n1C1CCCCC1. The van der Waals surface area contributed by atoms with Crippen LogP contribution in [0.25, 0.3) is 0 Å². The maximum atomic E-state index is 14.1.